The van der Waals surface area contributed by atoms with Crippen molar-refractivity contribution in [2.75, 3.05) is 18.0 Å². The van der Waals surface area contributed by atoms with Crippen LogP contribution in [0.15, 0.2) is 48.8 Å². The largest absolute Gasteiger partial charge is 0.347 e. The van der Waals surface area contributed by atoms with Gasteiger partial charge in [-0.05, 0) is 37.0 Å². The number of rotatable bonds is 5. The number of hydrogen-bond donors (Lipinski definition) is 1. The molecule has 1 saturated heterocycles. The molecule has 0 unspecified atom stereocenters. The first-order valence-electron chi connectivity index (χ1n) is 9.06. The Morgan fingerprint density at radius 2 is 1.92 bits per heavy atom. The molecule has 3 heterocycles. The number of aryl methyl sites for hydroxylation is 1. The molecule has 0 spiro atoms. The molecule has 0 radical (unpaired) electrons. The van der Waals surface area contributed by atoms with Crippen molar-refractivity contribution in [2.45, 2.75) is 32.4 Å². The minimum atomic E-state index is 0.556. The summed E-state index contributed by atoms with van der Waals surface area (Å²) in [5.41, 5.74) is 3.72. The molecule has 0 aliphatic carbocycles. The van der Waals surface area contributed by atoms with Gasteiger partial charge in [0.15, 0.2) is 0 Å². The van der Waals surface area contributed by atoms with Gasteiger partial charge in [0.1, 0.15) is 5.01 Å². The van der Waals surface area contributed by atoms with Crippen molar-refractivity contribution >= 4 is 16.5 Å². The number of nitrogens with zero attached hydrogens (tertiary/aromatic N) is 4. The molecule has 1 aliphatic heterocycles. The first-order chi connectivity index (χ1) is 12.8. The van der Waals surface area contributed by atoms with Crippen LogP contribution in [0.2, 0.25) is 0 Å². The summed E-state index contributed by atoms with van der Waals surface area (Å²) in [6.07, 6.45) is 6.06. The predicted molar refractivity (Wildman–Crippen MR) is 106 cm³/mol. The highest BCUT2D eigenvalue weighted by Crippen LogP contribution is 2.30. The quantitative estimate of drug-likeness (QED) is 0.748. The van der Waals surface area contributed by atoms with Crippen molar-refractivity contribution in [3.8, 4) is 10.6 Å². The second kappa shape index (κ2) is 7.93. The van der Waals surface area contributed by atoms with E-state index in [9.17, 15) is 0 Å². The predicted octanol–water partition coefficient (Wildman–Crippen LogP) is 3.67. The Bertz CT molecular complexity index is 840. The third-order valence-corrected chi connectivity index (χ3v) is 5.95. The Labute approximate surface area is 158 Å². The molecule has 3 aromatic rings. The van der Waals surface area contributed by atoms with Crippen molar-refractivity contribution in [1.82, 2.24) is 20.5 Å². The fraction of sp³-hybridized carbons (Fsp3) is 0.350. The zero-order valence-electron chi connectivity index (χ0n) is 14.9. The molecule has 2 aromatic heterocycles. The van der Waals surface area contributed by atoms with E-state index in [1.807, 2.05) is 30.6 Å². The Balaban J connectivity index is 1.31. The average Bonchev–Trinajstić information content (AvgIpc) is 3.19. The second-order valence-corrected chi connectivity index (χ2v) is 7.66. The lowest BCUT2D eigenvalue weighted by atomic mass is 10.0. The number of anilines is 1. The van der Waals surface area contributed by atoms with Gasteiger partial charge >= 0.3 is 0 Å². The topological polar surface area (TPSA) is 53.9 Å². The highest BCUT2D eigenvalue weighted by atomic mass is 32.1. The molecule has 0 atom stereocenters. The van der Waals surface area contributed by atoms with E-state index in [4.69, 9.17) is 0 Å². The van der Waals surface area contributed by atoms with Crippen LogP contribution in [0, 0.1) is 6.92 Å². The van der Waals surface area contributed by atoms with Gasteiger partial charge in [0.05, 0.1) is 0 Å². The molecule has 1 fully saturated rings. The van der Waals surface area contributed by atoms with Gasteiger partial charge in [-0.1, -0.05) is 41.7 Å². The van der Waals surface area contributed by atoms with E-state index in [2.05, 4.69) is 50.5 Å². The van der Waals surface area contributed by atoms with Gasteiger partial charge < -0.3 is 10.2 Å². The van der Waals surface area contributed by atoms with E-state index in [0.717, 1.165) is 48.2 Å². The van der Waals surface area contributed by atoms with Crippen LogP contribution in [-0.2, 0) is 6.54 Å². The maximum absolute atomic E-state index is 4.41. The number of piperidine rings is 1. The Morgan fingerprint density at radius 3 is 2.69 bits per heavy atom. The molecule has 0 amide bonds. The Morgan fingerprint density at radius 1 is 1.12 bits per heavy atom. The molecule has 134 valence electrons. The zero-order valence-corrected chi connectivity index (χ0v) is 15.7. The average molecular weight is 366 g/mol. The fourth-order valence-corrected chi connectivity index (χ4v) is 4.17. The van der Waals surface area contributed by atoms with Crippen LogP contribution >= 0.6 is 11.3 Å². The summed E-state index contributed by atoms with van der Waals surface area (Å²) < 4.78 is 0. The zero-order chi connectivity index (χ0) is 17.8. The van der Waals surface area contributed by atoms with Gasteiger partial charge in [-0.2, -0.15) is 0 Å². The van der Waals surface area contributed by atoms with Gasteiger partial charge in [0, 0.05) is 43.6 Å². The molecule has 0 bridgehead atoms. The molecule has 5 nitrogen and oxygen atoms in total. The standard InChI is InChI=1S/C20H23N5S/c1-15-13-21-10-7-17(15)14-22-18-8-11-25(12-9-18)20-24-23-19(26-20)16-5-3-2-4-6-16/h2-7,10,13,18,22H,8-9,11-12,14H2,1H3. The van der Waals surface area contributed by atoms with Gasteiger partial charge in [-0.3, -0.25) is 4.98 Å². The molecule has 26 heavy (non-hydrogen) atoms. The van der Waals surface area contributed by atoms with E-state index in [-0.39, 0.29) is 0 Å². The summed E-state index contributed by atoms with van der Waals surface area (Å²) in [5, 5.41) is 14.5. The maximum Gasteiger partial charge on any atom is 0.208 e. The molecule has 6 heteroatoms. The van der Waals surface area contributed by atoms with E-state index in [0.29, 0.717) is 6.04 Å². The lowest BCUT2D eigenvalue weighted by molar-refractivity contribution is 0.413. The van der Waals surface area contributed by atoms with Crippen molar-refractivity contribution in [2.24, 2.45) is 0 Å². The van der Waals surface area contributed by atoms with Crippen LogP contribution in [0.25, 0.3) is 10.6 Å². The molecule has 1 aliphatic rings. The first kappa shape index (κ1) is 17.1. The summed E-state index contributed by atoms with van der Waals surface area (Å²) >= 11 is 1.68. The van der Waals surface area contributed by atoms with Gasteiger partial charge in [-0.15, -0.1) is 10.2 Å². The minimum absolute atomic E-state index is 0.556. The minimum Gasteiger partial charge on any atom is -0.347 e. The molecular formula is C20H23N5S. The summed E-state index contributed by atoms with van der Waals surface area (Å²) in [4.78, 5) is 6.52. The summed E-state index contributed by atoms with van der Waals surface area (Å²) in [7, 11) is 0. The highest BCUT2D eigenvalue weighted by molar-refractivity contribution is 7.18. The lowest BCUT2D eigenvalue weighted by Gasteiger charge is -2.32. The fourth-order valence-electron chi connectivity index (χ4n) is 3.27. The summed E-state index contributed by atoms with van der Waals surface area (Å²) in [5.74, 6) is 0. The molecule has 0 saturated carbocycles. The highest BCUT2D eigenvalue weighted by Gasteiger charge is 2.22. The molecular weight excluding hydrogens is 342 g/mol. The number of benzene rings is 1. The van der Waals surface area contributed by atoms with E-state index in [1.54, 1.807) is 11.3 Å². The van der Waals surface area contributed by atoms with Gasteiger partial charge in [-0.25, -0.2) is 0 Å². The van der Waals surface area contributed by atoms with E-state index in [1.165, 1.54) is 11.1 Å². The second-order valence-electron chi connectivity index (χ2n) is 6.70. The third-order valence-electron chi connectivity index (χ3n) is 4.92. The van der Waals surface area contributed by atoms with Crippen molar-refractivity contribution in [1.29, 1.82) is 0 Å². The SMILES string of the molecule is Cc1cnccc1CNC1CCN(c2nnc(-c3ccccc3)s2)CC1. The lowest BCUT2D eigenvalue weighted by Crippen LogP contribution is -2.42. The maximum atomic E-state index is 4.41. The monoisotopic (exact) mass is 365 g/mol. The number of aromatic nitrogens is 3. The first-order valence-corrected chi connectivity index (χ1v) is 9.88. The number of pyridine rings is 1. The van der Waals surface area contributed by atoms with Crippen molar-refractivity contribution < 1.29 is 0 Å². The van der Waals surface area contributed by atoms with Crippen LogP contribution in [0.3, 0.4) is 0 Å². The molecule has 1 N–H and O–H groups in total. The number of hydrogen-bond acceptors (Lipinski definition) is 6. The summed E-state index contributed by atoms with van der Waals surface area (Å²) in [6.45, 7) is 5.08. The third kappa shape index (κ3) is 3.92. The van der Waals surface area contributed by atoms with Gasteiger partial charge in [0.2, 0.25) is 5.13 Å². The van der Waals surface area contributed by atoms with Crippen LogP contribution in [0.5, 0.6) is 0 Å². The van der Waals surface area contributed by atoms with Crippen LogP contribution < -0.4 is 10.2 Å². The van der Waals surface area contributed by atoms with Crippen LogP contribution in [-0.4, -0.2) is 34.3 Å². The smallest absolute Gasteiger partial charge is 0.208 e. The normalized spacial score (nSPS) is 15.3. The summed E-state index contributed by atoms with van der Waals surface area (Å²) in [6, 6.07) is 12.9. The van der Waals surface area contributed by atoms with E-state index < -0.39 is 0 Å². The van der Waals surface area contributed by atoms with Crippen molar-refractivity contribution in [3.05, 3.63) is 59.9 Å². The number of nitrogens with one attached hydrogen (secondary N) is 1. The molecule has 4 rings (SSSR count). The Kier molecular flexibility index (Phi) is 5.22. The van der Waals surface area contributed by atoms with Crippen LogP contribution in [0.4, 0.5) is 5.13 Å². The van der Waals surface area contributed by atoms with E-state index >= 15 is 0 Å². The van der Waals surface area contributed by atoms with Gasteiger partial charge in [0.25, 0.3) is 0 Å². The Hall–Kier alpha value is -2.31. The molecule has 1 aromatic carbocycles. The van der Waals surface area contributed by atoms with Crippen molar-refractivity contribution in [3.63, 3.8) is 0 Å². The van der Waals surface area contributed by atoms with Crippen LogP contribution in [0.1, 0.15) is 24.0 Å².